The minimum absolute atomic E-state index is 0.0496. The second-order valence-electron chi connectivity index (χ2n) is 6.15. The average molecular weight is 371 g/mol. The lowest BCUT2D eigenvalue weighted by Gasteiger charge is -2.35. The molecule has 1 aliphatic carbocycles. The molecule has 0 atom stereocenters. The van der Waals surface area contributed by atoms with Gasteiger partial charge in [-0.05, 0) is 25.0 Å². The van der Waals surface area contributed by atoms with Crippen molar-refractivity contribution in [3.63, 3.8) is 0 Å². The van der Waals surface area contributed by atoms with Gasteiger partial charge in [0, 0.05) is 38.2 Å². The molecule has 5 nitrogen and oxygen atoms in total. The highest BCUT2D eigenvalue weighted by atomic mass is 35.5. The topological polar surface area (TPSA) is 49.9 Å². The van der Waals surface area contributed by atoms with Crippen molar-refractivity contribution in [1.82, 2.24) is 9.80 Å². The molecule has 1 saturated heterocycles. The van der Waals surface area contributed by atoms with Crippen LogP contribution < -0.4 is 4.74 Å². The zero-order valence-corrected chi connectivity index (χ0v) is 14.9. The first kappa shape index (κ1) is 17.4. The summed E-state index contributed by atoms with van der Waals surface area (Å²) < 4.78 is 5.55. The molecule has 0 radical (unpaired) electrons. The van der Waals surface area contributed by atoms with E-state index in [9.17, 15) is 9.59 Å². The first-order valence-corrected chi connectivity index (χ1v) is 8.94. The molecule has 0 N–H and O–H groups in total. The van der Waals surface area contributed by atoms with Crippen molar-refractivity contribution in [1.29, 1.82) is 0 Å². The molecule has 0 unspecified atom stereocenters. The molecular weight excluding hydrogens is 351 g/mol. The third-order valence-electron chi connectivity index (χ3n) is 4.35. The van der Waals surface area contributed by atoms with Gasteiger partial charge < -0.3 is 14.5 Å². The van der Waals surface area contributed by atoms with Crippen molar-refractivity contribution in [2.45, 2.75) is 19.3 Å². The van der Waals surface area contributed by atoms with Gasteiger partial charge in [0.05, 0.1) is 23.1 Å². The Morgan fingerprint density at radius 3 is 2.33 bits per heavy atom. The fraction of sp³-hybridized carbons (Fsp3) is 0.529. The molecule has 1 aromatic rings. The zero-order chi connectivity index (χ0) is 17.1. The molecule has 1 aromatic carbocycles. The molecule has 7 heteroatoms. The number of hydrogen-bond acceptors (Lipinski definition) is 3. The normalized spacial score (nSPS) is 17.8. The van der Waals surface area contributed by atoms with Crippen molar-refractivity contribution in [2.24, 2.45) is 5.92 Å². The van der Waals surface area contributed by atoms with Gasteiger partial charge in [0.1, 0.15) is 5.75 Å². The largest absolute Gasteiger partial charge is 0.493 e. The Hall–Kier alpha value is -1.46. The predicted octanol–water partition coefficient (Wildman–Crippen LogP) is 2.84. The summed E-state index contributed by atoms with van der Waals surface area (Å²) in [5.41, 5.74) is 0. The third kappa shape index (κ3) is 4.33. The van der Waals surface area contributed by atoms with Crippen molar-refractivity contribution in [2.75, 3.05) is 32.8 Å². The van der Waals surface area contributed by atoms with Gasteiger partial charge in [-0.15, -0.1) is 0 Å². The van der Waals surface area contributed by atoms with E-state index in [0.717, 1.165) is 12.8 Å². The summed E-state index contributed by atoms with van der Waals surface area (Å²) in [6, 6.07) is 5.02. The van der Waals surface area contributed by atoms with E-state index in [2.05, 4.69) is 0 Å². The van der Waals surface area contributed by atoms with Gasteiger partial charge >= 0.3 is 0 Å². The number of benzene rings is 1. The van der Waals surface area contributed by atoms with E-state index >= 15 is 0 Å². The van der Waals surface area contributed by atoms with E-state index in [4.69, 9.17) is 27.9 Å². The van der Waals surface area contributed by atoms with Crippen LogP contribution in [0, 0.1) is 5.92 Å². The minimum atomic E-state index is 0.0496. The van der Waals surface area contributed by atoms with Crippen LogP contribution >= 0.6 is 23.2 Å². The van der Waals surface area contributed by atoms with Crippen LogP contribution in [0.5, 0.6) is 5.75 Å². The number of carbonyl (C=O) groups excluding carboxylic acids is 2. The second kappa shape index (κ2) is 7.62. The highest BCUT2D eigenvalue weighted by Crippen LogP contribution is 2.31. The zero-order valence-electron chi connectivity index (χ0n) is 13.3. The highest BCUT2D eigenvalue weighted by Gasteiger charge is 2.35. The first-order chi connectivity index (χ1) is 11.5. The quantitative estimate of drug-likeness (QED) is 0.800. The Labute approximate surface area is 151 Å². The average Bonchev–Trinajstić information content (AvgIpc) is 3.42. The van der Waals surface area contributed by atoms with Crippen molar-refractivity contribution in [3.8, 4) is 5.75 Å². The number of ether oxygens (including phenoxy) is 1. The summed E-state index contributed by atoms with van der Waals surface area (Å²) in [6.07, 6.45) is 2.34. The predicted molar refractivity (Wildman–Crippen MR) is 92.5 cm³/mol. The Morgan fingerprint density at radius 1 is 1.04 bits per heavy atom. The van der Waals surface area contributed by atoms with Crippen LogP contribution in [-0.4, -0.2) is 54.4 Å². The molecular formula is C17H20Cl2N2O3. The first-order valence-electron chi connectivity index (χ1n) is 8.19. The molecule has 3 rings (SSSR count). The fourth-order valence-corrected chi connectivity index (χ4v) is 3.03. The summed E-state index contributed by atoms with van der Waals surface area (Å²) >= 11 is 11.8. The van der Waals surface area contributed by atoms with Crippen LogP contribution in [0.2, 0.25) is 10.0 Å². The maximum absolute atomic E-state index is 12.2. The fourth-order valence-electron chi connectivity index (χ4n) is 2.75. The molecule has 2 fully saturated rings. The van der Waals surface area contributed by atoms with E-state index in [1.165, 1.54) is 0 Å². The summed E-state index contributed by atoms with van der Waals surface area (Å²) in [5.74, 6) is 1.14. The smallest absolute Gasteiger partial charge is 0.226 e. The molecule has 1 saturated carbocycles. The number of nitrogens with zero attached hydrogens (tertiary/aromatic N) is 2. The van der Waals surface area contributed by atoms with Crippen molar-refractivity contribution < 1.29 is 14.3 Å². The standard InChI is InChI=1S/C17H20Cl2N2O3/c18-14-4-3-13(11-15(14)19)24-10-5-16(22)20-6-8-21(9-7-20)17(23)12-1-2-12/h3-4,11-12H,1-2,5-10H2. The summed E-state index contributed by atoms with van der Waals surface area (Å²) in [4.78, 5) is 27.9. The van der Waals surface area contributed by atoms with Gasteiger partial charge in [0.2, 0.25) is 11.8 Å². The molecule has 0 bridgehead atoms. The van der Waals surface area contributed by atoms with Gasteiger partial charge in [-0.3, -0.25) is 9.59 Å². The van der Waals surface area contributed by atoms with Gasteiger partial charge in [0.25, 0.3) is 0 Å². The molecule has 1 aliphatic heterocycles. The van der Waals surface area contributed by atoms with Gasteiger partial charge in [-0.25, -0.2) is 0 Å². The van der Waals surface area contributed by atoms with Crippen LogP contribution in [-0.2, 0) is 9.59 Å². The van der Waals surface area contributed by atoms with Gasteiger partial charge in [-0.2, -0.15) is 0 Å². The minimum Gasteiger partial charge on any atom is -0.493 e. The Morgan fingerprint density at radius 2 is 1.71 bits per heavy atom. The lowest BCUT2D eigenvalue weighted by molar-refractivity contribution is -0.140. The Kier molecular flexibility index (Phi) is 5.51. The lowest BCUT2D eigenvalue weighted by Crippen LogP contribution is -2.51. The summed E-state index contributed by atoms with van der Waals surface area (Å²) in [7, 11) is 0. The monoisotopic (exact) mass is 370 g/mol. The summed E-state index contributed by atoms with van der Waals surface area (Å²) in [5, 5.41) is 0.899. The van der Waals surface area contributed by atoms with Crippen LogP contribution in [0.3, 0.4) is 0 Å². The highest BCUT2D eigenvalue weighted by molar-refractivity contribution is 6.42. The number of rotatable bonds is 5. The molecule has 0 spiro atoms. The van der Waals surface area contributed by atoms with E-state index in [0.29, 0.717) is 48.4 Å². The van der Waals surface area contributed by atoms with Crippen LogP contribution in [0.1, 0.15) is 19.3 Å². The Bertz CT molecular complexity index is 626. The van der Waals surface area contributed by atoms with Gasteiger partial charge in [0.15, 0.2) is 0 Å². The molecule has 0 aromatic heterocycles. The van der Waals surface area contributed by atoms with Crippen LogP contribution in [0.15, 0.2) is 18.2 Å². The van der Waals surface area contributed by atoms with Crippen molar-refractivity contribution in [3.05, 3.63) is 28.2 Å². The number of carbonyl (C=O) groups is 2. The maximum Gasteiger partial charge on any atom is 0.226 e. The second-order valence-corrected chi connectivity index (χ2v) is 6.97. The number of hydrogen-bond donors (Lipinski definition) is 0. The van der Waals surface area contributed by atoms with Gasteiger partial charge in [-0.1, -0.05) is 23.2 Å². The van der Waals surface area contributed by atoms with Crippen LogP contribution in [0.25, 0.3) is 0 Å². The van der Waals surface area contributed by atoms with E-state index in [1.54, 1.807) is 23.1 Å². The molecule has 1 heterocycles. The lowest BCUT2D eigenvalue weighted by atomic mass is 10.2. The van der Waals surface area contributed by atoms with E-state index < -0.39 is 0 Å². The van der Waals surface area contributed by atoms with Crippen LogP contribution in [0.4, 0.5) is 0 Å². The molecule has 24 heavy (non-hydrogen) atoms. The van der Waals surface area contributed by atoms with E-state index in [-0.39, 0.29) is 24.3 Å². The van der Waals surface area contributed by atoms with Crippen molar-refractivity contribution >= 4 is 35.0 Å². The maximum atomic E-state index is 12.2. The SMILES string of the molecule is O=C(CCOc1ccc(Cl)c(Cl)c1)N1CCN(C(=O)C2CC2)CC1. The molecule has 2 amide bonds. The summed E-state index contributed by atoms with van der Waals surface area (Å²) in [6.45, 7) is 2.76. The number of halogens is 2. The number of piperazine rings is 1. The molecule has 2 aliphatic rings. The Balaban J connectivity index is 1.39. The van der Waals surface area contributed by atoms with E-state index in [1.807, 2.05) is 4.90 Å². The molecule has 130 valence electrons. The third-order valence-corrected chi connectivity index (χ3v) is 5.09. The number of amides is 2.